The van der Waals surface area contributed by atoms with Gasteiger partial charge in [0.1, 0.15) is 0 Å². The number of hydrogen-bond donors (Lipinski definition) is 1. The number of carbonyl (C=O) groups is 1. The maximum absolute atomic E-state index is 11.6. The van der Waals surface area contributed by atoms with E-state index in [1.54, 1.807) is 0 Å². The largest absolute Gasteiger partial charge is 0.469 e. The topological polar surface area (TPSA) is 38.3 Å². The lowest BCUT2D eigenvalue weighted by atomic mass is 9.96. The summed E-state index contributed by atoms with van der Waals surface area (Å²) >= 11 is 3.46. The van der Waals surface area contributed by atoms with Crippen LogP contribution in [0.25, 0.3) is 0 Å². The highest BCUT2D eigenvalue weighted by molar-refractivity contribution is 9.10. The van der Waals surface area contributed by atoms with E-state index in [4.69, 9.17) is 4.74 Å². The van der Waals surface area contributed by atoms with E-state index >= 15 is 0 Å². The molecule has 0 aliphatic carbocycles. The Bertz CT molecular complexity index is 407. The molecule has 0 amide bonds. The van der Waals surface area contributed by atoms with Crippen molar-refractivity contribution in [3.8, 4) is 0 Å². The van der Waals surface area contributed by atoms with Gasteiger partial charge in [-0.2, -0.15) is 0 Å². The minimum absolute atomic E-state index is 0.0764. The lowest BCUT2D eigenvalue weighted by Gasteiger charge is -2.18. The second kappa shape index (κ2) is 8.33. The lowest BCUT2D eigenvalue weighted by Crippen LogP contribution is -2.33. The maximum Gasteiger partial charge on any atom is 0.310 e. The van der Waals surface area contributed by atoms with E-state index < -0.39 is 0 Å². The van der Waals surface area contributed by atoms with E-state index in [0.717, 1.165) is 17.4 Å². The molecule has 4 heteroatoms. The summed E-state index contributed by atoms with van der Waals surface area (Å²) in [7, 11) is 1.44. The van der Waals surface area contributed by atoms with Crippen LogP contribution in [-0.4, -0.2) is 26.2 Å². The number of hydrogen-bond acceptors (Lipinski definition) is 3. The number of nitrogens with one attached hydrogen (secondary N) is 1. The van der Waals surface area contributed by atoms with Gasteiger partial charge in [0.25, 0.3) is 0 Å². The minimum atomic E-state index is -0.134. The van der Waals surface area contributed by atoms with E-state index in [2.05, 4.69) is 33.4 Å². The molecule has 0 heterocycles. The number of carbonyl (C=O) groups excluding carboxylic acids is 1. The quantitative estimate of drug-likeness (QED) is 0.618. The van der Waals surface area contributed by atoms with E-state index in [1.165, 1.54) is 12.7 Å². The van der Waals surface area contributed by atoms with Gasteiger partial charge in [-0.3, -0.25) is 4.79 Å². The van der Waals surface area contributed by atoms with Crippen LogP contribution >= 0.6 is 15.9 Å². The predicted octanol–water partition coefficient (Wildman–Crippen LogP) is 3.03. The summed E-state index contributed by atoms with van der Waals surface area (Å²) in [6, 6.07) is 8.27. The van der Waals surface area contributed by atoms with Gasteiger partial charge >= 0.3 is 5.97 Å². The summed E-state index contributed by atoms with van der Waals surface area (Å²) in [4.78, 5) is 11.6. The Morgan fingerprint density at radius 1 is 1.42 bits per heavy atom. The standard InChI is InChI=1S/C15H22BrNO2/c1-11(2)14(15(18)19-3)10-17-8-7-12-5-4-6-13(16)9-12/h4-6,9,11,14,17H,7-8,10H2,1-3H3. The number of halogens is 1. The third-order valence-corrected chi connectivity index (χ3v) is 3.65. The molecule has 0 radical (unpaired) electrons. The van der Waals surface area contributed by atoms with Crippen molar-refractivity contribution >= 4 is 21.9 Å². The molecule has 0 spiro atoms. The average molecular weight is 328 g/mol. The SMILES string of the molecule is COC(=O)C(CNCCc1cccc(Br)c1)C(C)C. The molecule has 0 saturated heterocycles. The summed E-state index contributed by atoms with van der Waals surface area (Å²) in [5, 5.41) is 3.33. The molecule has 1 atom stereocenters. The molecule has 3 nitrogen and oxygen atoms in total. The van der Waals surface area contributed by atoms with Crippen molar-refractivity contribution in [3.05, 3.63) is 34.3 Å². The van der Waals surface area contributed by atoms with Crippen LogP contribution in [0.15, 0.2) is 28.7 Å². The molecule has 0 fully saturated rings. The van der Waals surface area contributed by atoms with Gasteiger partial charge in [-0.25, -0.2) is 0 Å². The van der Waals surface area contributed by atoms with Gasteiger partial charge in [-0.1, -0.05) is 41.9 Å². The maximum atomic E-state index is 11.6. The van der Waals surface area contributed by atoms with Crippen molar-refractivity contribution in [2.45, 2.75) is 20.3 Å². The van der Waals surface area contributed by atoms with Crippen LogP contribution in [0.5, 0.6) is 0 Å². The zero-order valence-corrected chi connectivity index (χ0v) is 13.4. The Balaban J connectivity index is 2.35. The van der Waals surface area contributed by atoms with Crippen LogP contribution in [0, 0.1) is 11.8 Å². The average Bonchev–Trinajstić information content (AvgIpc) is 2.37. The van der Waals surface area contributed by atoms with Crippen LogP contribution in [0.3, 0.4) is 0 Å². The van der Waals surface area contributed by atoms with Crippen LogP contribution in [0.2, 0.25) is 0 Å². The van der Waals surface area contributed by atoms with E-state index in [0.29, 0.717) is 6.54 Å². The Hall–Kier alpha value is -0.870. The van der Waals surface area contributed by atoms with Gasteiger partial charge in [0, 0.05) is 11.0 Å². The second-order valence-corrected chi connectivity index (χ2v) is 5.87. The molecule has 0 aliphatic rings. The number of methoxy groups -OCH3 is 1. The van der Waals surface area contributed by atoms with E-state index in [1.807, 2.05) is 26.0 Å². The molecule has 1 aromatic carbocycles. The Labute approximate surface area is 123 Å². The second-order valence-electron chi connectivity index (χ2n) is 4.96. The van der Waals surface area contributed by atoms with Crippen molar-refractivity contribution in [2.75, 3.05) is 20.2 Å². The van der Waals surface area contributed by atoms with E-state index in [-0.39, 0.29) is 17.8 Å². The molecule has 0 aliphatic heterocycles. The Kier molecular flexibility index (Phi) is 7.10. The highest BCUT2D eigenvalue weighted by Gasteiger charge is 2.22. The smallest absolute Gasteiger partial charge is 0.310 e. The summed E-state index contributed by atoms with van der Waals surface area (Å²) in [6.45, 7) is 5.60. The minimum Gasteiger partial charge on any atom is -0.469 e. The monoisotopic (exact) mass is 327 g/mol. The molecule has 1 unspecified atom stereocenters. The van der Waals surface area contributed by atoms with Gasteiger partial charge < -0.3 is 10.1 Å². The Morgan fingerprint density at radius 3 is 2.74 bits per heavy atom. The molecular formula is C15H22BrNO2. The van der Waals surface area contributed by atoms with Crippen molar-refractivity contribution in [2.24, 2.45) is 11.8 Å². The van der Waals surface area contributed by atoms with Crippen molar-refractivity contribution in [1.82, 2.24) is 5.32 Å². The summed E-state index contributed by atoms with van der Waals surface area (Å²) < 4.78 is 5.92. The molecule has 0 aromatic heterocycles. The van der Waals surface area contributed by atoms with Crippen LogP contribution < -0.4 is 5.32 Å². The van der Waals surface area contributed by atoms with Gasteiger partial charge in [-0.05, 0) is 36.6 Å². The first-order valence-corrected chi connectivity index (χ1v) is 7.37. The summed E-state index contributed by atoms with van der Waals surface area (Å²) in [5.74, 6) is 0.0725. The molecule has 0 saturated carbocycles. The predicted molar refractivity (Wildman–Crippen MR) is 81.1 cm³/mol. The lowest BCUT2D eigenvalue weighted by molar-refractivity contribution is -0.146. The molecular weight excluding hydrogens is 306 g/mol. The number of ether oxygens (including phenoxy) is 1. The third-order valence-electron chi connectivity index (χ3n) is 3.15. The van der Waals surface area contributed by atoms with Crippen molar-refractivity contribution in [3.63, 3.8) is 0 Å². The summed E-state index contributed by atoms with van der Waals surface area (Å²) in [5.41, 5.74) is 1.28. The zero-order chi connectivity index (χ0) is 14.3. The fraction of sp³-hybridized carbons (Fsp3) is 0.533. The summed E-state index contributed by atoms with van der Waals surface area (Å²) in [6.07, 6.45) is 0.950. The van der Waals surface area contributed by atoms with Gasteiger partial charge in [0.2, 0.25) is 0 Å². The normalized spacial score (nSPS) is 12.5. The molecule has 1 aromatic rings. The molecule has 1 N–H and O–H groups in total. The van der Waals surface area contributed by atoms with Crippen LogP contribution in [-0.2, 0) is 16.0 Å². The van der Waals surface area contributed by atoms with Crippen LogP contribution in [0.4, 0.5) is 0 Å². The Morgan fingerprint density at radius 2 is 2.16 bits per heavy atom. The highest BCUT2D eigenvalue weighted by Crippen LogP contribution is 2.13. The molecule has 106 valence electrons. The first-order valence-electron chi connectivity index (χ1n) is 6.57. The van der Waals surface area contributed by atoms with Gasteiger partial charge in [0.05, 0.1) is 13.0 Å². The number of esters is 1. The molecule has 1 rings (SSSR count). The zero-order valence-electron chi connectivity index (χ0n) is 11.8. The highest BCUT2D eigenvalue weighted by atomic mass is 79.9. The fourth-order valence-corrected chi connectivity index (χ4v) is 2.37. The van der Waals surface area contributed by atoms with Crippen LogP contribution in [0.1, 0.15) is 19.4 Å². The molecule has 19 heavy (non-hydrogen) atoms. The van der Waals surface area contributed by atoms with E-state index in [9.17, 15) is 4.79 Å². The third kappa shape index (κ3) is 5.74. The first kappa shape index (κ1) is 16.2. The van der Waals surface area contributed by atoms with Crippen molar-refractivity contribution < 1.29 is 9.53 Å². The first-order chi connectivity index (χ1) is 9.04. The van der Waals surface area contributed by atoms with Gasteiger partial charge in [-0.15, -0.1) is 0 Å². The number of rotatable bonds is 7. The number of benzene rings is 1. The fourth-order valence-electron chi connectivity index (χ4n) is 1.93. The molecule has 0 bridgehead atoms. The van der Waals surface area contributed by atoms with Gasteiger partial charge in [0.15, 0.2) is 0 Å². The van der Waals surface area contributed by atoms with Crippen molar-refractivity contribution in [1.29, 1.82) is 0 Å².